The molecule has 0 radical (unpaired) electrons. The summed E-state index contributed by atoms with van der Waals surface area (Å²) in [6.45, 7) is 6.82. The number of rotatable bonds is 51. The molecule has 0 bridgehead atoms. The van der Waals surface area contributed by atoms with E-state index >= 15 is 0 Å². The van der Waals surface area contributed by atoms with Gasteiger partial charge in [-0.05, 0) is 75.0 Å². The molecule has 0 amide bonds. The summed E-state index contributed by atoms with van der Waals surface area (Å²) < 4.78 is 16.4. The summed E-state index contributed by atoms with van der Waals surface area (Å²) in [5, 5.41) is 0. The Labute approximate surface area is 426 Å². The number of carbonyl (C=O) groups excluding carboxylic acids is 3. The quantitative estimate of drug-likeness (QED) is 0.0280. The highest BCUT2D eigenvalue weighted by atomic mass is 16.5. The van der Waals surface area contributed by atoms with Gasteiger partial charge in [-0.2, -0.15) is 0 Å². The SMILES string of the molecule is CCCCCCCCCCCCCCCC/C=C/OC(=O)c1ccc(C(=O)O/C=C/CCCCCCCCCCCCCCCC)c(C(=O)O/C=C/CCCCCCCCCCCCCCCC)c1. The van der Waals surface area contributed by atoms with Crippen molar-refractivity contribution >= 4 is 17.9 Å². The lowest BCUT2D eigenvalue weighted by Crippen LogP contribution is -2.13. The minimum Gasteiger partial charge on any atom is -0.431 e. The van der Waals surface area contributed by atoms with E-state index in [1.807, 2.05) is 18.2 Å². The highest BCUT2D eigenvalue weighted by molar-refractivity contribution is 6.05. The van der Waals surface area contributed by atoms with Crippen LogP contribution in [0.4, 0.5) is 0 Å². The summed E-state index contributed by atoms with van der Waals surface area (Å²) in [6.07, 6.45) is 67.5. The number of benzene rings is 1. The molecule has 0 saturated heterocycles. The lowest BCUT2D eigenvalue weighted by atomic mass is 10.0. The van der Waals surface area contributed by atoms with E-state index in [1.54, 1.807) is 0 Å². The molecule has 0 aliphatic heterocycles. The fourth-order valence-electron chi connectivity index (χ4n) is 9.12. The van der Waals surface area contributed by atoms with Gasteiger partial charge in [-0.15, -0.1) is 0 Å². The smallest absolute Gasteiger partial charge is 0.343 e. The summed E-state index contributed by atoms with van der Waals surface area (Å²) >= 11 is 0. The molecule has 0 atom stereocenters. The van der Waals surface area contributed by atoms with Crippen molar-refractivity contribution in [2.24, 2.45) is 0 Å². The van der Waals surface area contributed by atoms with Crippen molar-refractivity contribution in [1.29, 1.82) is 0 Å². The van der Waals surface area contributed by atoms with E-state index in [0.717, 1.165) is 51.4 Å². The maximum atomic E-state index is 13.4. The molecule has 0 N–H and O–H groups in total. The molecule has 1 aromatic carbocycles. The molecule has 0 saturated carbocycles. The number of hydrogen-bond donors (Lipinski definition) is 0. The van der Waals surface area contributed by atoms with Crippen molar-refractivity contribution in [3.63, 3.8) is 0 Å². The minimum atomic E-state index is -0.714. The van der Waals surface area contributed by atoms with E-state index in [-0.39, 0.29) is 16.7 Å². The lowest BCUT2D eigenvalue weighted by molar-refractivity contribution is 0.0615. The lowest BCUT2D eigenvalue weighted by Gasteiger charge is -2.09. The van der Waals surface area contributed by atoms with Gasteiger partial charge in [0.1, 0.15) is 0 Å². The first-order chi connectivity index (χ1) is 34.0. The Bertz CT molecular complexity index is 1410. The Morgan fingerprint density at radius 3 is 0.812 bits per heavy atom. The Kier molecular flexibility index (Phi) is 47.4. The predicted molar refractivity (Wildman–Crippen MR) is 295 cm³/mol. The van der Waals surface area contributed by atoms with E-state index in [9.17, 15) is 14.4 Å². The van der Waals surface area contributed by atoms with Gasteiger partial charge in [0.05, 0.1) is 35.5 Å². The molecular weight excluding hydrogens is 853 g/mol. The number of unbranched alkanes of at least 4 members (excludes halogenated alkanes) is 42. The van der Waals surface area contributed by atoms with Crippen molar-refractivity contribution < 1.29 is 28.6 Å². The van der Waals surface area contributed by atoms with E-state index in [4.69, 9.17) is 14.2 Å². The van der Waals surface area contributed by atoms with Crippen LogP contribution in [0.15, 0.2) is 55.2 Å². The van der Waals surface area contributed by atoms with Crippen LogP contribution in [0.1, 0.15) is 341 Å². The first-order valence-electron chi connectivity index (χ1n) is 29.8. The van der Waals surface area contributed by atoms with Crippen molar-refractivity contribution in [3.8, 4) is 0 Å². The van der Waals surface area contributed by atoms with Crippen molar-refractivity contribution in [2.75, 3.05) is 0 Å². The third kappa shape index (κ3) is 41.2. The fourth-order valence-corrected chi connectivity index (χ4v) is 9.12. The van der Waals surface area contributed by atoms with Gasteiger partial charge in [-0.1, -0.05) is 271 Å². The summed E-state index contributed by atoms with van der Waals surface area (Å²) in [6, 6.07) is 4.33. The van der Waals surface area contributed by atoms with Crippen molar-refractivity contribution in [1.82, 2.24) is 0 Å². The number of allylic oxidation sites excluding steroid dienone is 3. The molecule has 1 aromatic rings. The maximum Gasteiger partial charge on any atom is 0.343 e. The maximum absolute atomic E-state index is 13.4. The number of carbonyl (C=O) groups is 3. The number of hydrogen-bond acceptors (Lipinski definition) is 6. The van der Waals surface area contributed by atoms with Gasteiger partial charge in [0.2, 0.25) is 0 Å². The molecule has 0 heterocycles. The van der Waals surface area contributed by atoms with Gasteiger partial charge in [0.25, 0.3) is 0 Å². The zero-order valence-electron chi connectivity index (χ0n) is 45.5. The third-order valence-corrected chi connectivity index (χ3v) is 13.7. The topological polar surface area (TPSA) is 78.9 Å². The average molecular weight is 962 g/mol. The molecule has 0 aromatic heterocycles. The van der Waals surface area contributed by atoms with Gasteiger partial charge in [-0.25, -0.2) is 14.4 Å². The Hall–Kier alpha value is -3.15. The molecule has 0 aliphatic carbocycles. The van der Waals surface area contributed by atoms with Gasteiger partial charge in [0, 0.05) is 0 Å². The molecule has 0 spiro atoms. The predicted octanol–water partition coefficient (Wildman–Crippen LogP) is 21.3. The van der Waals surface area contributed by atoms with Crippen LogP contribution in [-0.2, 0) is 14.2 Å². The van der Waals surface area contributed by atoms with Crippen LogP contribution in [0, 0.1) is 0 Å². The van der Waals surface area contributed by atoms with Crippen LogP contribution in [0.5, 0.6) is 0 Å². The summed E-state index contributed by atoms with van der Waals surface area (Å²) in [5.41, 5.74) is 0.188. The van der Waals surface area contributed by atoms with E-state index in [1.165, 1.54) is 275 Å². The molecule has 0 fully saturated rings. The molecule has 6 heteroatoms. The Morgan fingerprint density at radius 2 is 0.536 bits per heavy atom. The highest BCUT2D eigenvalue weighted by Crippen LogP contribution is 2.20. The summed E-state index contributed by atoms with van der Waals surface area (Å²) in [7, 11) is 0. The first kappa shape index (κ1) is 63.9. The second-order valence-corrected chi connectivity index (χ2v) is 20.2. The minimum absolute atomic E-state index is 0.0256. The summed E-state index contributed by atoms with van der Waals surface area (Å²) in [5.74, 6) is -1.98. The molecule has 6 nitrogen and oxygen atoms in total. The van der Waals surface area contributed by atoms with Crippen molar-refractivity contribution in [3.05, 3.63) is 71.9 Å². The van der Waals surface area contributed by atoms with Crippen LogP contribution in [-0.4, -0.2) is 17.9 Å². The number of esters is 3. The monoisotopic (exact) mass is 961 g/mol. The molecule has 0 aliphatic rings. The average Bonchev–Trinajstić information content (AvgIpc) is 3.36. The van der Waals surface area contributed by atoms with E-state index in [2.05, 4.69) is 20.8 Å². The zero-order valence-corrected chi connectivity index (χ0v) is 45.5. The van der Waals surface area contributed by atoms with Crippen molar-refractivity contribution in [2.45, 2.75) is 310 Å². The molecule has 0 unspecified atom stereocenters. The zero-order chi connectivity index (χ0) is 49.8. The Balaban J connectivity index is 2.52. The highest BCUT2D eigenvalue weighted by Gasteiger charge is 2.22. The second kappa shape index (κ2) is 51.2. The summed E-state index contributed by atoms with van der Waals surface area (Å²) in [4.78, 5) is 39.7. The second-order valence-electron chi connectivity index (χ2n) is 20.2. The van der Waals surface area contributed by atoms with Crippen LogP contribution >= 0.6 is 0 Å². The van der Waals surface area contributed by atoms with Crippen LogP contribution in [0.3, 0.4) is 0 Å². The standard InChI is InChI=1S/C63H108O6/c1-4-7-10-13-16-19-22-25-28-31-34-37-40-43-46-49-54-67-61(64)58-52-53-59(62(65)68-55-50-47-44-41-38-35-32-29-26-23-20-17-14-11-8-5-2)60(57-58)63(66)69-56-51-48-45-42-39-36-33-30-27-24-21-18-15-12-9-6-3/h49-57H,4-48H2,1-3H3/b54-49+,55-50+,56-51+. The first-order valence-corrected chi connectivity index (χ1v) is 29.8. The van der Waals surface area contributed by atoms with Crippen LogP contribution < -0.4 is 0 Å². The van der Waals surface area contributed by atoms with Gasteiger partial charge < -0.3 is 14.2 Å². The fraction of sp³-hybridized carbons (Fsp3) is 0.762. The van der Waals surface area contributed by atoms with Gasteiger partial charge >= 0.3 is 17.9 Å². The normalized spacial score (nSPS) is 11.7. The largest absolute Gasteiger partial charge is 0.431 e. The van der Waals surface area contributed by atoms with Gasteiger partial charge in [-0.3, -0.25) is 0 Å². The molecule has 396 valence electrons. The molecular formula is C63H108O6. The van der Waals surface area contributed by atoms with Crippen LogP contribution in [0.25, 0.3) is 0 Å². The van der Waals surface area contributed by atoms with Crippen LogP contribution in [0.2, 0.25) is 0 Å². The van der Waals surface area contributed by atoms with E-state index < -0.39 is 17.9 Å². The molecule has 69 heavy (non-hydrogen) atoms. The van der Waals surface area contributed by atoms with Gasteiger partial charge in [0.15, 0.2) is 0 Å². The third-order valence-electron chi connectivity index (χ3n) is 13.7. The van der Waals surface area contributed by atoms with E-state index in [0.29, 0.717) is 0 Å². The molecule has 1 rings (SSSR count). The number of ether oxygens (including phenoxy) is 3. The Morgan fingerprint density at radius 1 is 0.304 bits per heavy atom.